The van der Waals surface area contributed by atoms with Crippen molar-refractivity contribution >= 4 is 39.2 Å². The molecule has 25 heavy (non-hydrogen) atoms. The highest BCUT2D eigenvalue weighted by molar-refractivity contribution is 7.89. The van der Waals surface area contributed by atoms with Gasteiger partial charge in [-0.05, 0) is 30.3 Å². The lowest BCUT2D eigenvalue weighted by atomic mass is 10.2. The van der Waals surface area contributed by atoms with E-state index in [-0.39, 0.29) is 15.5 Å². The highest BCUT2D eigenvalue weighted by atomic mass is 35.5. The molecule has 0 saturated carbocycles. The number of carbonyl (C=O) groups is 2. The van der Waals surface area contributed by atoms with Gasteiger partial charge in [0.25, 0.3) is 5.91 Å². The van der Waals surface area contributed by atoms with Crippen LogP contribution in [0.4, 0.5) is 5.69 Å². The van der Waals surface area contributed by atoms with E-state index in [0.717, 1.165) is 6.07 Å². The van der Waals surface area contributed by atoms with Gasteiger partial charge in [-0.1, -0.05) is 29.8 Å². The summed E-state index contributed by atoms with van der Waals surface area (Å²) in [5.74, 6) is -1.39. The highest BCUT2D eigenvalue weighted by Gasteiger charge is 2.19. The van der Waals surface area contributed by atoms with Gasteiger partial charge >= 0.3 is 5.97 Å². The van der Waals surface area contributed by atoms with E-state index in [1.807, 2.05) is 6.07 Å². The molecule has 2 rings (SSSR count). The fraction of sp³-hybridized carbons (Fsp3) is 0.125. The van der Waals surface area contributed by atoms with Crippen LogP contribution in [0, 0.1) is 0 Å². The quantitative estimate of drug-likeness (QED) is 0.793. The average Bonchev–Trinajstić information content (AvgIpc) is 2.58. The van der Waals surface area contributed by atoms with Gasteiger partial charge in [0.05, 0.1) is 15.5 Å². The summed E-state index contributed by atoms with van der Waals surface area (Å²) in [4.78, 5) is 25.2. The monoisotopic (exact) mass is 382 g/mol. The van der Waals surface area contributed by atoms with Gasteiger partial charge in [0.15, 0.2) is 6.61 Å². The predicted octanol–water partition coefficient (Wildman–Crippen LogP) is 1.81. The van der Waals surface area contributed by atoms with E-state index in [2.05, 4.69) is 0 Å². The molecule has 0 heterocycles. The zero-order valence-corrected chi connectivity index (χ0v) is 14.8. The Kier molecular flexibility index (Phi) is 5.78. The van der Waals surface area contributed by atoms with Crippen LogP contribution in [0.2, 0.25) is 5.02 Å². The molecule has 2 N–H and O–H groups in total. The zero-order chi connectivity index (χ0) is 18.6. The van der Waals surface area contributed by atoms with E-state index in [1.165, 1.54) is 17.0 Å². The zero-order valence-electron chi connectivity index (χ0n) is 13.2. The van der Waals surface area contributed by atoms with E-state index in [4.69, 9.17) is 21.5 Å². The Balaban J connectivity index is 2.09. The summed E-state index contributed by atoms with van der Waals surface area (Å²) in [5.41, 5.74) is 0.446. The summed E-state index contributed by atoms with van der Waals surface area (Å²) in [7, 11) is -2.46. The molecule has 0 aliphatic heterocycles. The number of para-hydroxylation sites is 1. The minimum absolute atomic E-state index is 0.0127. The van der Waals surface area contributed by atoms with Crippen LogP contribution in [-0.4, -0.2) is 33.9 Å². The Bertz CT molecular complexity index is 900. The molecule has 2 aromatic carbocycles. The normalized spacial score (nSPS) is 11.0. The summed E-state index contributed by atoms with van der Waals surface area (Å²) in [6, 6.07) is 12.2. The molecule has 0 aromatic heterocycles. The molecule has 1 amide bonds. The fourth-order valence-electron chi connectivity index (χ4n) is 1.94. The van der Waals surface area contributed by atoms with Crippen molar-refractivity contribution in [3.63, 3.8) is 0 Å². The van der Waals surface area contributed by atoms with E-state index in [0.29, 0.717) is 5.69 Å². The minimum Gasteiger partial charge on any atom is -0.452 e. The van der Waals surface area contributed by atoms with Gasteiger partial charge in [-0.2, -0.15) is 0 Å². The van der Waals surface area contributed by atoms with Crippen LogP contribution in [0.3, 0.4) is 0 Å². The van der Waals surface area contributed by atoms with E-state index in [1.54, 1.807) is 31.3 Å². The van der Waals surface area contributed by atoms with Gasteiger partial charge in [0.2, 0.25) is 10.0 Å². The second kappa shape index (κ2) is 7.64. The molecule has 0 atom stereocenters. The van der Waals surface area contributed by atoms with Crippen LogP contribution in [0.1, 0.15) is 10.4 Å². The minimum atomic E-state index is -4.00. The molecule has 0 spiro atoms. The predicted molar refractivity (Wildman–Crippen MR) is 93.0 cm³/mol. The lowest BCUT2D eigenvalue weighted by Gasteiger charge is -2.17. The van der Waals surface area contributed by atoms with Crippen molar-refractivity contribution in [2.75, 3.05) is 18.6 Å². The van der Waals surface area contributed by atoms with Crippen molar-refractivity contribution in [3.05, 3.63) is 59.1 Å². The molecule has 9 heteroatoms. The summed E-state index contributed by atoms with van der Waals surface area (Å²) >= 11 is 5.88. The number of likely N-dealkylation sites (N-methyl/N-ethyl adjacent to an activating group) is 1. The van der Waals surface area contributed by atoms with Crippen LogP contribution >= 0.6 is 11.6 Å². The van der Waals surface area contributed by atoms with Gasteiger partial charge < -0.3 is 9.64 Å². The van der Waals surface area contributed by atoms with Gasteiger partial charge in [-0.25, -0.2) is 18.4 Å². The molecule has 0 saturated heterocycles. The average molecular weight is 383 g/mol. The third-order valence-electron chi connectivity index (χ3n) is 3.33. The Morgan fingerprint density at radius 2 is 1.80 bits per heavy atom. The van der Waals surface area contributed by atoms with E-state index < -0.39 is 28.5 Å². The number of ether oxygens (including phenoxy) is 1. The van der Waals surface area contributed by atoms with Crippen LogP contribution in [0.5, 0.6) is 0 Å². The fourth-order valence-corrected chi connectivity index (χ4v) is 2.67. The first kappa shape index (κ1) is 18.9. The van der Waals surface area contributed by atoms with Gasteiger partial charge in [0.1, 0.15) is 0 Å². The molecule has 0 bridgehead atoms. The van der Waals surface area contributed by atoms with Gasteiger partial charge in [0, 0.05) is 12.7 Å². The Hall–Kier alpha value is -2.42. The molecule has 0 fully saturated rings. The van der Waals surface area contributed by atoms with E-state index >= 15 is 0 Å². The Labute approximate surface area is 150 Å². The third-order valence-corrected chi connectivity index (χ3v) is 4.57. The van der Waals surface area contributed by atoms with Crippen molar-refractivity contribution in [2.45, 2.75) is 4.90 Å². The van der Waals surface area contributed by atoms with E-state index in [9.17, 15) is 18.0 Å². The number of benzene rings is 2. The molecule has 132 valence electrons. The Morgan fingerprint density at radius 3 is 2.40 bits per heavy atom. The van der Waals surface area contributed by atoms with Crippen LogP contribution in [0.15, 0.2) is 53.4 Å². The maximum absolute atomic E-state index is 12.1. The first-order valence-corrected chi connectivity index (χ1v) is 8.93. The second-order valence-electron chi connectivity index (χ2n) is 5.05. The molecule has 7 nitrogen and oxygen atoms in total. The number of nitrogens with zero attached hydrogens (tertiary/aromatic N) is 1. The molecule has 0 radical (unpaired) electrons. The number of anilines is 1. The number of primary sulfonamides is 1. The smallest absolute Gasteiger partial charge is 0.340 e. The van der Waals surface area contributed by atoms with Crippen molar-refractivity contribution in [2.24, 2.45) is 5.14 Å². The van der Waals surface area contributed by atoms with Crippen molar-refractivity contribution < 1.29 is 22.7 Å². The SMILES string of the molecule is CN(C(=O)COC(=O)c1cc(S(N)(=O)=O)ccc1Cl)c1ccccc1. The highest BCUT2D eigenvalue weighted by Crippen LogP contribution is 2.21. The first-order chi connectivity index (χ1) is 11.7. The molecule has 0 unspecified atom stereocenters. The Morgan fingerprint density at radius 1 is 1.16 bits per heavy atom. The largest absolute Gasteiger partial charge is 0.452 e. The van der Waals surface area contributed by atoms with Crippen molar-refractivity contribution in [1.29, 1.82) is 0 Å². The molecule has 0 aliphatic carbocycles. The number of rotatable bonds is 5. The topological polar surface area (TPSA) is 107 Å². The summed E-state index contributed by atoms with van der Waals surface area (Å²) in [6.45, 7) is -0.528. The van der Waals surface area contributed by atoms with Crippen molar-refractivity contribution in [3.8, 4) is 0 Å². The standard InChI is InChI=1S/C16H15ClN2O5S/c1-19(11-5-3-2-4-6-11)15(20)10-24-16(21)13-9-12(25(18,22)23)7-8-14(13)17/h2-9H,10H2,1H3,(H2,18,22,23). The summed E-state index contributed by atoms with van der Waals surface area (Å²) in [6.07, 6.45) is 0. The number of carbonyl (C=O) groups excluding carboxylic acids is 2. The third kappa shape index (κ3) is 4.79. The first-order valence-electron chi connectivity index (χ1n) is 7.01. The molecule has 0 aliphatic rings. The molecule has 2 aromatic rings. The van der Waals surface area contributed by atoms with Crippen LogP contribution in [-0.2, 0) is 19.6 Å². The number of esters is 1. The molecular weight excluding hydrogens is 368 g/mol. The number of nitrogens with two attached hydrogens (primary N) is 1. The number of sulfonamides is 1. The number of hydrogen-bond donors (Lipinski definition) is 1. The number of halogens is 1. The van der Waals surface area contributed by atoms with Crippen molar-refractivity contribution in [1.82, 2.24) is 0 Å². The lowest BCUT2D eigenvalue weighted by Crippen LogP contribution is -2.31. The maximum atomic E-state index is 12.1. The summed E-state index contributed by atoms with van der Waals surface area (Å²) < 4.78 is 27.6. The molecular formula is C16H15ClN2O5S. The number of amides is 1. The lowest BCUT2D eigenvalue weighted by molar-refractivity contribution is -0.121. The van der Waals surface area contributed by atoms with Gasteiger partial charge in [-0.3, -0.25) is 4.79 Å². The van der Waals surface area contributed by atoms with Crippen LogP contribution in [0.25, 0.3) is 0 Å². The second-order valence-corrected chi connectivity index (χ2v) is 7.02. The number of hydrogen-bond acceptors (Lipinski definition) is 5. The summed E-state index contributed by atoms with van der Waals surface area (Å²) in [5, 5.41) is 5.01. The van der Waals surface area contributed by atoms with Crippen LogP contribution < -0.4 is 10.0 Å². The maximum Gasteiger partial charge on any atom is 0.340 e. The van der Waals surface area contributed by atoms with Gasteiger partial charge in [-0.15, -0.1) is 0 Å².